The number of nitrogens with zero attached hydrogens (tertiary/aromatic N) is 1. The van der Waals surface area contributed by atoms with Gasteiger partial charge in [-0.25, -0.2) is 8.78 Å². The zero-order chi connectivity index (χ0) is 13.8. The van der Waals surface area contributed by atoms with Gasteiger partial charge in [0.15, 0.2) is 0 Å². The predicted octanol–water partition coefficient (Wildman–Crippen LogP) is 3.51. The summed E-state index contributed by atoms with van der Waals surface area (Å²) in [4.78, 5) is 2.28. The Morgan fingerprint density at radius 2 is 2.15 bits per heavy atom. The topological polar surface area (TPSA) is 29.3 Å². The Hall–Kier alpha value is -0.710. The molecule has 2 N–H and O–H groups in total. The molecule has 0 spiro atoms. The Kier molecular flexibility index (Phi) is 6.86. The van der Waals surface area contributed by atoms with Gasteiger partial charge in [-0.2, -0.15) is 0 Å². The summed E-state index contributed by atoms with van der Waals surface area (Å²) in [6, 6.07) is 3.84. The third-order valence-electron chi connectivity index (χ3n) is 4.09. The van der Waals surface area contributed by atoms with Gasteiger partial charge in [0.05, 0.1) is 0 Å². The minimum atomic E-state index is -0.520. The summed E-state index contributed by atoms with van der Waals surface area (Å²) in [5.41, 5.74) is 6.19. The van der Waals surface area contributed by atoms with Crippen molar-refractivity contribution in [2.24, 2.45) is 11.7 Å². The highest BCUT2D eigenvalue weighted by Crippen LogP contribution is 2.29. The molecule has 20 heavy (non-hydrogen) atoms. The molecule has 1 aromatic rings. The van der Waals surface area contributed by atoms with Gasteiger partial charge in [0.25, 0.3) is 0 Å². The Morgan fingerprint density at radius 3 is 2.80 bits per heavy atom. The average Bonchev–Trinajstić information content (AvgIpc) is 2.39. The molecule has 0 radical (unpaired) electrons. The molecule has 1 aromatic carbocycles. The monoisotopic (exact) mass is 304 g/mol. The van der Waals surface area contributed by atoms with Crippen LogP contribution in [-0.2, 0) is 0 Å². The maximum atomic E-state index is 13.8. The molecule has 1 aliphatic rings. The van der Waals surface area contributed by atoms with Crippen molar-refractivity contribution in [1.82, 2.24) is 4.90 Å². The van der Waals surface area contributed by atoms with Crippen molar-refractivity contribution in [3.8, 4) is 0 Å². The van der Waals surface area contributed by atoms with Crippen molar-refractivity contribution < 1.29 is 8.78 Å². The molecule has 2 nitrogen and oxygen atoms in total. The van der Waals surface area contributed by atoms with E-state index < -0.39 is 11.6 Å². The molecule has 0 aliphatic carbocycles. The number of hydrogen-bond acceptors (Lipinski definition) is 2. The van der Waals surface area contributed by atoms with E-state index in [9.17, 15) is 8.78 Å². The van der Waals surface area contributed by atoms with Crippen molar-refractivity contribution in [3.63, 3.8) is 0 Å². The van der Waals surface area contributed by atoms with Gasteiger partial charge in [0, 0.05) is 24.2 Å². The molecule has 114 valence electrons. The first-order valence-electron chi connectivity index (χ1n) is 7.01. The fourth-order valence-corrected chi connectivity index (χ4v) is 2.96. The SMILES string of the molecule is CC(c1ccc(F)cc1F)N1CCCC(CCN)C1.Cl. The molecule has 0 bridgehead atoms. The van der Waals surface area contributed by atoms with E-state index in [-0.39, 0.29) is 18.4 Å². The zero-order valence-corrected chi connectivity index (χ0v) is 12.6. The summed E-state index contributed by atoms with van der Waals surface area (Å²) < 4.78 is 26.8. The fourth-order valence-electron chi connectivity index (χ4n) is 2.96. The summed E-state index contributed by atoms with van der Waals surface area (Å²) in [5.74, 6) is -0.369. The van der Waals surface area contributed by atoms with E-state index in [1.807, 2.05) is 6.92 Å². The second-order valence-corrected chi connectivity index (χ2v) is 5.42. The maximum absolute atomic E-state index is 13.8. The van der Waals surface area contributed by atoms with Gasteiger partial charge >= 0.3 is 0 Å². The smallest absolute Gasteiger partial charge is 0.130 e. The van der Waals surface area contributed by atoms with E-state index in [0.717, 1.165) is 32.0 Å². The summed E-state index contributed by atoms with van der Waals surface area (Å²) >= 11 is 0. The number of nitrogens with two attached hydrogens (primary N) is 1. The predicted molar refractivity (Wildman–Crippen MR) is 80.0 cm³/mol. The Labute approximate surface area is 125 Å². The molecule has 1 fully saturated rings. The second-order valence-electron chi connectivity index (χ2n) is 5.42. The van der Waals surface area contributed by atoms with Crippen LogP contribution in [0.15, 0.2) is 18.2 Å². The van der Waals surface area contributed by atoms with Crippen LogP contribution in [0, 0.1) is 17.6 Å². The van der Waals surface area contributed by atoms with Crippen LogP contribution < -0.4 is 5.73 Å². The van der Waals surface area contributed by atoms with E-state index in [1.54, 1.807) is 6.07 Å². The summed E-state index contributed by atoms with van der Waals surface area (Å²) in [6.07, 6.45) is 3.35. The molecule has 5 heteroatoms. The van der Waals surface area contributed by atoms with Crippen LogP contribution in [0.2, 0.25) is 0 Å². The Bertz CT molecular complexity index is 426. The van der Waals surface area contributed by atoms with Gasteiger partial charge in [0.1, 0.15) is 11.6 Å². The lowest BCUT2D eigenvalue weighted by molar-refractivity contribution is 0.126. The first-order chi connectivity index (χ1) is 9.11. The Balaban J connectivity index is 0.00000200. The van der Waals surface area contributed by atoms with E-state index >= 15 is 0 Å². The minimum absolute atomic E-state index is 0. The normalized spacial score (nSPS) is 21.3. The van der Waals surface area contributed by atoms with Crippen LogP contribution >= 0.6 is 12.4 Å². The third kappa shape index (κ3) is 4.14. The lowest BCUT2D eigenvalue weighted by Crippen LogP contribution is -2.38. The highest BCUT2D eigenvalue weighted by molar-refractivity contribution is 5.85. The molecule has 1 heterocycles. The average molecular weight is 305 g/mol. The van der Waals surface area contributed by atoms with Crippen molar-refractivity contribution in [3.05, 3.63) is 35.4 Å². The molecule has 1 aliphatic heterocycles. The van der Waals surface area contributed by atoms with Crippen LogP contribution in [0.4, 0.5) is 8.78 Å². The van der Waals surface area contributed by atoms with Gasteiger partial charge in [-0.15, -0.1) is 12.4 Å². The van der Waals surface area contributed by atoms with Gasteiger partial charge < -0.3 is 5.73 Å². The Morgan fingerprint density at radius 1 is 1.40 bits per heavy atom. The molecule has 2 atom stereocenters. The highest BCUT2D eigenvalue weighted by Gasteiger charge is 2.25. The first kappa shape index (κ1) is 17.3. The number of benzene rings is 1. The molecule has 0 saturated carbocycles. The summed E-state index contributed by atoms with van der Waals surface area (Å²) in [6.45, 7) is 4.62. The van der Waals surface area contributed by atoms with Crippen molar-refractivity contribution in [2.75, 3.05) is 19.6 Å². The van der Waals surface area contributed by atoms with E-state index in [2.05, 4.69) is 4.90 Å². The van der Waals surface area contributed by atoms with Gasteiger partial charge in [-0.3, -0.25) is 4.90 Å². The van der Waals surface area contributed by atoms with Crippen LogP contribution in [0.5, 0.6) is 0 Å². The largest absolute Gasteiger partial charge is 0.330 e. The van der Waals surface area contributed by atoms with Crippen molar-refractivity contribution >= 4 is 12.4 Å². The second kappa shape index (κ2) is 7.91. The molecule has 2 unspecified atom stereocenters. The molecular weight excluding hydrogens is 282 g/mol. The lowest BCUT2D eigenvalue weighted by Gasteiger charge is -2.37. The summed E-state index contributed by atoms with van der Waals surface area (Å²) in [5, 5.41) is 0. The van der Waals surface area contributed by atoms with E-state index in [0.29, 0.717) is 18.0 Å². The quantitative estimate of drug-likeness (QED) is 0.922. The molecule has 0 amide bonds. The lowest BCUT2D eigenvalue weighted by atomic mass is 9.92. The standard InChI is InChI=1S/C15H22F2N2.ClH/c1-11(14-5-4-13(16)9-15(14)17)19-8-2-3-12(10-19)6-7-18;/h4-5,9,11-12H,2-3,6-8,10,18H2,1H3;1H. The number of rotatable bonds is 4. The van der Waals surface area contributed by atoms with Crippen LogP contribution in [0.25, 0.3) is 0 Å². The van der Waals surface area contributed by atoms with Crippen molar-refractivity contribution in [2.45, 2.75) is 32.2 Å². The molecule has 1 saturated heterocycles. The van der Waals surface area contributed by atoms with Crippen molar-refractivity contribution in [1.29, 1.82) is 0 Å². The number of piperidine rings is 1. The molecule has 0 aromatic heterocycles. The summed E-state index contributed by atoms with van der Waals surface area (Å²) in [7, 11) is 0. The maximum Gasteiger partial charge on any atom is 0.130 e. The zero-order valence-electron chi connectivity index (χ0n) is 11.8. The van der Waals surface area contributed by atoms with Gasteiger partial charge in [-0.1, -0.05) is 6.07 Å². The van der Waals surface area contributed by atoms with Crippen LogP contribution in [0.3, 0.4) is 0 Å². The number of likely N-dealkylation sites (tertiary alicyclic amines) is 1. The number of hydrogen-bond donors (Lipinski definition) is 1. The van der Waals surface area contributed by atoms with E-state index in [1.165, 1.54) is 12.5 Å². The fraction of sp³-hybridized carbons (Fsp3) is 0.600. The minimum Gasteiger partial charge on any atom is -0.330 e. The number of halogens is 3. The van der Waals surface area contributed by atoms with Crippen LogP contribution in [-0.4, -0.2) is 24.5 Å². The van der Waals surface area contributed by atoms with E-state index in [4.69, 9.17) is 5.73 Å². The third-order valence-corrected chi connectivity index (χ3v) is 4.09. The molecule has 2 rings (SSSR count). The first-order valence-corrected chi connectivity index (χ1v) is 7.01. The highest BCUT2D eigenvalue weighted by atomic mass is 35.5. The molecular formula is C15H23ClF2N2. The van der Waals surface area contributed by atoms with Gasteiger partial charge in [-0.05, 0) is 51.3 Å². The van der Waals surface area contributed by atoms with Crippen LogP contribution in [0.1, 0.15) is 37.8 Å². The van der Waals surface area contributed by atoms with Gasteiger partial charge in [0.2, 0.25) is 0 Å².